The number of nitrogens with one attached hydrogen (secondary N) is 2. The zero-order valence-electron chi connectivity index (χ0n) is 18.0. The van der Waals surface area contributed by atoms with Crippen LogP contribution >= 0.6 is 0 Å². The number of halogens is 4. The van der Waals surface area contributed by atoms with Crippen LogP contribution in [0.15, 0.2) is 61.4 Å². The van der Waals surface area contributed by atoms with E-state index in [0.717, 1.165) is 30.5 Å². The highest BCUT2D eigenvalue weighted by Crippen LogP contribution is 2.42. The molecule has 0 radical (unpaired) electrons. The second-order valence-corrected chi connectivity index (χ2v) is 7.48. The number of hydrogen-bond donors (Lipinski definition) is 3. The van der Waals surface area contributed by atoms with Gasteiger partial charge >= 0.3 is 6.18 Å². The van der Waals surface area contributed by atoms with Gasteiger partial charge in [-0.15, -0.1) is 0 Å². The molecular formula is C23H14F4N8O. The smallest absolute Gasteiger partial charge is 0.364 e. The van der Waals surface area contributed by atoms with E-state index in [0.29, 0.717) is 22.4 Å². The maximum Gasteiger partial charge on any atom is 0.417 e. The fourth-order valence-electron chi connectivity index (χ4n) is 3.79. The summed E-state index contributed by atoms with van der Waals surface area (Å²) in [6, 6.07) is 7.07. The molecule has 36 heavy (non-hydrogen) atoms. The number of primary amides is 1. The van der Waals surface area contributed by atoms with Gasteiger partial charge in [0.15, 0.2) is 5.65 Å². The number of pyridine rings is 2. The first kappa shape index (κ1) is 22.8. The van der Waals surface area contributed by atoms with Gasteiger partial charge in [0.1, 0.15) is 34.9 Å². The van der Waals surface area contributed by atoms with Gasteiger partial charge in [0, 0.05) is 29.1 Å². The van der Waals surface area contributed by atoms with E-state index in [2.05, 4.69) is 35.2 Å². The molecule has 4 N–H and O–H groups in total. The van der Waals surface area contributed by atoms with Crippen LogP contribution in [0.1, 0.15) is 16.1 Å². The summed E-state index contributed by atoms with van der Waals surface area (Å²) >= 11 is 0. The Kier molecular flexibility index (Phi) is 5.51. The number of carbonyl (C=O) groups excluding carboxylic acids is 1. The number of nitrogens with zero attached hydrogens (tertiary/aromatic N) is 5. The normalized spacial score (nSPS) is 11.6. The van der Waals surface area contributed by atoms with Crippen molar-refractivity contribution in [2.75, 3.05) is 5.32 Å². The number of nitrogens with two attached hydrogens (primary N) is 1. The monoisotopic (exact) mass is 494 g/mol. The lowest BCUT2D eigenvalue weighted by atomic mass is 9.95. The number of fused-ring (bicyclic) bond motifs is 1. The Hall–Kier alpha value is -4.94. The average molecular weight is 494 g/mol. The molecule has 0 unspecified atom stereocenters. The fraction of sp³-hybridized carbons (Fsp3) is 0.0435. The number of anilines is 2. The zero-order valence-corrected chi connectivity index (χ0v) is 18.0. The molecule has 4 aromatic heterocycles. The van der Waals surface area contributed by atoms with Gasteiger partial charge in [0.05, 0.1) is 17.6 Å². The van der Waals surface area contributed by atoms with Crippen LogP contribution in [0.4, 0.5) is 29.1 Å². The topological polar surface area (TPSA) is 135 Å². The molecule has 0 atom stereocenters. The van der Waals surface area contributed by atoms with Crippen LogP contribution in [-0.4, -0.2) is 35.8 Å². The van der Waals surface area contributed by atoms with Crippen molar-refractivity contribution >= 4 is 28.6 Å². The van der Waals surface area contributed by atoms with Crippen molar-refractivity contribution in [2.45, 2.75) is 6.18 Å². The largest absolute Gasteiger partial charge is 0.417 e. The Morgan fingerprint density at radius 2 is 1.81 bits per heavy atom. The highest BCUT2D eigenvalue weighted by atomic mass is 19.4. The molecule has 13 heteroatoms. The molecule has 0 aliphatic heterocycles. The molecule has 1 amide bonds. The van der Waals surface area contributed by atoms with Crippen LogP contribution in [0.25, 0.3) is 33.5 Å². The third kappa shape index (κ3) is 4.06. The number of imidazole rings is 1. The Morgan fingerprint density at radius 1 is 0.972 bits per heavy atom. The number of amides is 1. The Labute approximate surface area is 199 Å². The first-order chi connectivity index (χ1) is 17.2. The van der Waals surface area contributed by atoms with E-state index in [1.807, 2.05) is 0 Å². The van der Waals surface area contributed by atoms with Crippen LogP contribution in [0.3, 0.4) is 0 Å². The van der Waals surface area contributed by atoms with Crippen molar-refractivity contribution in [3.63, 3.8) is 0 Å². The molecule has 0 saturated carbocycles. The number of alkyl halides is 3. The van der Waals surface area contributed by atoms with Crippen LogP contribution in [0, 0.1) is 5.82 Å². The minimum Gasteiger partial charge on any atom is -0.364 e. The standard InChI is InChI=1S/C23H14F4N8O/c24-11-3-4-12(16-14(23(25,26)27)5-7-29-18(16)20(28)36)15(8-11)35-21-13(2-1-6-30-21)17-19-22(33-9-31-17)34-10-32-19/h1-10H,(H2,28,36)(H,30,35)(H,31,32,33,34). The van der Waals surface area contributed by atoms with Crippen LogP contribution < -0.4 is 11.1 Å². The third-order valence-electron chi connectivity index (χ3n) is 5.28. The lowest BCUT2D eigenvalue weighted by Gasteiger charge is -2.19. The number of aromatic nitrogens is 6. The second kappa shape index (κ2) is 8.69. The summed E-state index contributed by atoms with van der Waals surface area (Å²) in [6.07, 6.45) is 0.162. The second-order valence-electron chi connectivity index (χ2n) is 7.48. The predicted molar refractivity (Wildman–Crippen MR) is 121 cm³/mol. The summed E-state index contributed by atoms with van der Waals surface area (Å²) < 4.78 is 56.1. The van der Waals surface area contributed by atoms with E-state index < -0.39 is 34.7 Å². The maximum absolute atomic E-state index is 14.3. The minimum absolute atomic E-state index is 0.106. The molecule has 0 aliphatic carbocycles. The number of hydrogen-bond acceptors (Lipinski definition) is 7. The molecule has 5 rings (SSSR count). The summed E-state index contributed by atoms with van der Waals surface area (Å²) in [5.74, 6) is -1.76. The maximum atomic E-state index is 14.3. The molecular weight excluding hydrogens is 480 g/mol. The molecule has 180 valence electrons. The third-order valence-corrected chi connectivity index (χ3v) is 5.28. The zero-order chi connectivity index (χ0) is 25.4. The van der Waals surface area contributed by atoms with Gasteiger partial charge in [-0.1, -0.05) is 0 Å². The van der Waals surface area contributed by atoms with Gasteiger partial charge in [0.2, 0.25) is 0 Å². The lowest BCUT2D eigenvalue weighted by molar-refractivity contribution is -0.137. The summed E-state index contributed by atoms with van der Waals surface area (Å²) in [4.78, 5) is 35.4. The van der Waals surface area contributed by atoms with E-state index in [1.165, 1.54) is 18.9 Å². The van der Waals surface area contributed by atoms with Crippen molar-refractivity contribution in [1.29, 1.82) is 0 Å². The van der Waals surface area contributed by atoms with E-state index >= 15 is 0 Å². The summed E-state index contributed by atoms with van der Waals surface area (Å²) in [5, 5.41) is 2.89. The highest BCUT2D eigenvalue weighted by Gasteiger charge is 2.36. The molecule has 0 aliphatic rings. The minimum atomic E-state index is -4.85. The van der Waals surface area contributed by atoms with Crippen molar-refractivity contribution in [3.05, 3.63) is 78.5 Å². The summed E-state index contributed by atoms with van der Waals surface area (Å²) in [6.45, 7) is 0. The molecule has 1 aromatic carbocycles. The van der Waals surface area contributed by atoms with E-state index in [-0.39, 0.29) is 17.1 Å². The van der Waals surface area contributed by atoms with Crippen LogP contribution in [0.2, 0.25) is 0 Å². The van der Waals surface area contributed by atoms with Crippen molar-refractivity contribution < 1.29 is 22.4 Å². The van der Waals surface area contributed by atoms with Gasteiger partial charge in [-0.3, -0.25) is 9.78 Å². The van der Waals surface area contributed by atoms with Crippen molar-refractivity contribution in [1.82, 2.24) is 29.9 Å². The summed E-state index contributed by atoms with van der Waals surface area (Å²) in [7, 11) is 0. The quantitative estimate of drug-likeness (QED) is 0.307. The van der Waals surface area contributed by atoms with Gasteiger partial charge in [-0.05, 0) is 36.4 Å². The molecule has 0 bridgehead atoms. The van der Waals surface area contributed by atoms with Gasteiger partial charge < -0.3 is 16.0 Å². The molecule has 5 aromatic rings. The number of aromatic amines is 1. The summed E-state index contributed by atoms with van der Waals surface area (Å²) in [5.41, 5.74) is 4.44. The van der Waals surface area contributed by atoms with E-state index in [4.69, 9.17) is 5.73 Å². The lowest BCUT2D eigenvalue weighted by Crippen LogP contribution is -2.18. The Bertz CT molecular complexity index is 1620. The molecule has 0 saturated heterocycles. The number of benzene rings is 1. The van der Waals surface area contributed by atoms with E-state index in [9.17, 15) is 22.4 Å². The van der Waals surface area contributed by atoms with Crippen LogP contribution in [-0.2, 0) is 6.18 Å². The Morgan fingerprint density at radius 3 is 2.58 bits per heavy atom. The van der Waals surface area contributed by atoms with Crippen LogP contribution in [0.5, 0.6) is 0 Å². The van der Waals surface area contributed by atoms with E-state index in [1.54, 1.807) is 12.1 Å². The van der Waals surface area contributed by atoms with Gasteiger partial charge in [-0.25, -0.2) is 24.3 Å². The number of H-pyrrole nitrogens is 1. The predicted octanol–water partition coefficient (Wildman–Crippen LogP) is 4.48. The first-order valence-electron chi connectivity index (χ1n) is 10.3. The first-order valence-corrected chi connectivity index (χ1v) is 10.3. The number of carbonyl (C=O) groups is 1. The highest BCUT2D eigenvalue weighted by molar-refractivity contribution is 6.01. The number of rotatable bonds is 5. The molecule has 0 fully saturated rings. The fourth-order valence-corrected chi connectivity index (χ4v) is 3.79. The van der Waals surface area contributed by atoms with Crippen molar-refractivity contribution in [3.8, 4) is 22.4 Å². The molecule has 4 heterocycles. The average Bonchev–Trinajstić information content (AvgIpc) is 3.33. The molecule has 0 spiro atoms. The van der Waals surface area contributed by atoms with Gasteiger partial charge in [0.25, 0.3) is 5.91 Å². The molecule has 9 nitrogen and oxygen atoms in total. The Balaban J connectivity index is 1.71. The SMILES string of the molecule is NC(=O)c1nccc(C(F)(F)F)c1-c1ccc(F)cc1Nc1ncccc1-c1ncnc2nc[nH]c12. The van der Waals surface area contributed by atoms with Gasteiger partial charge in [-0.2, -0.15) is 13.2 Å². The van der Waals surface area contributed by atoms with Crippen molar-refractivity contribution in [2.24, 2.45) is 5.73 Å².